The molecule has 6 heteroatoms. The highest BCUT2D eigenvalue weighted by Gasteiger charge is 2.08. The van der Waals surface area contributed by atoms with Gasteiger partial charge in [0.2, 0.25) is 5.89 Å². The Bertz CT molecular complexity index is 766. The molecule has 0 N–H and O–H groups in total. The number of benzene rings is 2. The average Bonchev–Trinajstić information content (AvgIpc) is 3.03. The van der Waals surface area contributed by atoms with Crippen molar-refractivity contribution in [2.45, 2.75) is 6.61 Å². The molecule has 1 heterocycles. The molecule has 0 radical (unpaired) electrons. The Morgan fingerprint density at radius 2 is 1.82 bits per heavy atom. The lowest BCUT2D eigenvalue weighted by atomic mass is 10.2. The Kier molecular flexibility index (Phi) is 3.82. The Morgan fingerprint density at radius 3 is 2.50 bits per heavy atom. The van der Waals surface area contributed by atoms with Crippen LogP contribution in [0.3, 0.4) is 0 Å². The van der Waals surface area contributed by atoms with Gasteiger partial charge in [-0.1, -0.05) is 18.2 Å². The zero-order valence-electron chi connectivity index (χ0n) is 11.5. The van der Waals surface area contributed by atoms with E-state index in [0.717, 1.165) is 5.56 Å². The van der Waals surface area contributed by atoms with Crippen molar-refractivity contribution in [3.63, 3.8) is 0 Å². The highest BCUT2D eigenvalue weighted by molar-refractivity contribution is 5.52. The van der Waals surface area contributed by atoms with Gasteiger partial charge in [0.15, 0.2) is 0 Å². The normalized spacial score (nSPS) is 10.4. The van der Waals surface area contributed by atoms with Crippen LogP contribution in [0.4, 0.5) is 5.69 Å². The molecule has 0 unspecified atom stereocenters. The van der Waals surface area contributed by atoms with E-state index in [9.17, 15) is 10.1 Å². The van der Waals surface area contributed by atoms with Gasteiger partial charge in [-0.15, -0.1) is 0 Å². The molecule has 0 aliphatic heterocycles. The van der Waals surface area contributed by atoms with Crippen molar-refractivity contribution < 1.29 is 14.1 Å². The van der Waals surface area contributed by atoms with E-state index in [0.29, 0.717) is 17.3 Å². The fourth-order valence-electron chi connectivity index (χ4n) is 1.91. The fourth-order valence-corrected chi connectivity index (χ4v) is 1.91. The van der Waals surface area contributed by atoms with E-state index >= 15 is 0 Å². The maximum atomic E-state index is 10.6. The number of nitrogens with zero attached hydrogens (tertiary/aromatic N) is 2. The zero-order chi connectivity index (χ0) is 15.4. The van der Waals surface area contributed by atoms with Gasteiger partial charge in [0.25, 0.3) is 5.69 Å². The maximum absolute atomic E-state index is 10.6. The third kappa shape index (κ3) is 3.12. The van der Waals surface area contributed by atoms with Crippen molar-refractivity contribution in [1.29, 1.82) is 0 Å². The highest BCUT2D eigenvalue weighted by Crippen LogP contribution is 2.20. The molecule has 3 aromatic rings. The summed E-state index contributed by atoms with van der Waals surface area (Å²) in [5.74, 6) is 1.07. The number of aromatic nitrogens is 1. The molecule has 110 valence electrons. The van der Waals surface area contributed by atoms with Crippen LogP contribution in [0.5, 0.6) is 5.75 Å². The standard InChI is InChI=1S/C16H12N2O4/c19-18(20)14-6-8-15(9-7-14)21-10-13-11-22-16(17-13)12-4-2-1-3-5-12/h1-9,11H,10H2. The number of hydrogen-bond acceptors (Lipinski definition) is 5. The topological polar surface area (TPSA) is 78.4 Å². The first-order valence-electron chi connectivity index (χ1n) is 6.59. The second-order valence-electron chi connectivity index (χ2n) is 4.55. The summed E-state index contributed by atoms with van der Waals surface area (Å²) >= 11 is 0. The molecule has 0 saturated carbocycles. The molecule has 0 atom stereocenters. The predicted molar refractivity (Wildman–Crippen MR) is 79.4 cm³/mol. The van der Waals surface area contributed by atoms with Crippen molar-refractivity contribution in [1.82, 2.24) is 4.98 Å². The number of ether oxygens (including phenoxy) is 1. The first-order valence-corrected chi connectivity index (χ1v) is 6.59. The predicted octanol–water partition coefficient (Wildman–Crippen LogP) is 3.83. The average molecular weight is 296 g/mol. The smallest absolute Gasteiger partial charge is 0.269 e. The van der Waals surface area contributed by atoms with Crippen molar-refractivity contribution >= 4 is 5.69 Å². The molecule has 2 aromatic carbocycles. The van der Waals surface area contributed by atoms with Crippen molar-refractivity contribution in [2.24, 2.45) is 0 Å². The zero-order valence-corrected chi connectivity index (χ0v) is 11.5. The molecule has 6 nitrogen and oxygen atoms in total. The largest absolute Gasteiger partial charge is 0.487 e. The third-order valence-electron chi connectivity index (χ3n) is 3.01. The second kappa shape index (κ2) is 6.09. The van der Waals surface area contributed by atoms with Crippen LogP contribution < -0.4 is 4.74 Å². The quantitative estimate of drug-likeness (QED) is 0.528. The molecule has 0 amide bonds. The van der Waals surface area contributed by atoms with Gasteiger partial charge in [0, 0.05) is 17.7 Å². The van der Waals surface area contributed by atoms with E-state index in [1.807, 2.05) is 30.3 Å². The minimum Gasteiger partial charge on any atom is -0.487 e. The molecule has 0 spiro atoms. The lowest BCUT2D eigenvalue weighted by Gasteiger charge is -2.02. The molecule has 1 aromatic heterocycles. The van der Waals surface area contributed by atoms with Crippen molar-refractivity contribution in [3.05, 3.63) is 76.7 Å². The van der Waals surface area contributed by atoms with Gasteiger partial charge in [-0.05, 0) is 24.3 Å². The number of hydrogen-bond donors (Lipinski definition) is 0. The van der Waals surface area contributed by atoms with E-state index in [-0.39, 0.29) is 12.3 Å². The summed E-state index contributed by atoms with van der Waals surface area (Å²) in [6.07, 6.45) is 1.54. The molecule has 0 saturated heterocycles. The molecular weight excluding hydrogens is 284 g/mol. The minimum atomic E-state index is -0.451. The second-order valence-corrected chi connectivity index (χ2v) is 4.55. The van der Waals surface area contributed by atoms with Crippen LogP contribution >= 0.6 is 0 Å². The molecule has 0 aliphatic carbocycles. The first kappa shape index (κ1) is 13.8. The summed E-state index contributed by atoms with van der Waals surface area (Å²) in [4.78, 5) is 14.5. The highest BCUT2D eigenvalue weighted by atomic mass is 16.6. The molecule has 22 heavy (non-hydrogen) atoms. The molecule has 0 fully saturated rings. The SMILES string of the molecule is O=[N+]([O-])c1ccc(OCc2coc(-c3ccccc3)n2)cc1. The minimum absolute atomic E-state index is 0.0279. The van der Waals surface area contributed by atoms with E-state index in [2.05, 4.69) is 4.98 Å². The number of rotatable bonds is 5. The molecular formula is C16H12N2O4. The van der Waals surface area contributed by atoms with E-state index in [4.69, 9.17) is 9.15 Å². The summed E-state index contributed by atoms with van der Waals surface area (Å²) < 4.78 is 10.9. The maximum Gasteiger partial charge on any atom is 0.269 e. The summed E-state index contributed by atoms with van der Waals surface area (Å²) in [6, 6.07) is 15.5. The Hall–Kier alpha value is -3.15. The lowest BCUT2D eigenvalue weighted by Crippen LogP contribution is -1.96. The van der Waals surface area contributed by atoms with E-state index < -0.39 is 4.92 Å². The fraction of sp³-hybridized carbons (Fsp3) is 0.0625. The summed E-state index contributed by atoms with van der Waals surface area (Å²) in [6.45, 7) is 0.230. The van der Waals surface area contributed by atoms with Crippen LogP contribution in [-0.4, -0.2) is 9.91 Å². The van der Waals surface area contributed by atoms with Gasteiger partial charge >= 0.3 is 0 Å². The lowest BCUT2D eigenvalue weighted by molar-refractivity contribution is -0.384. The Morgan fingerprint density at radius 1 is 1.09 bits per heavy atom. The van der Waals surface area contributed by atoms with Gasteiger partial charge in [-0.25, -0.2) is 4.98 Å². The van der Waals surface area contributed by atoms with Gasteiger partial charge in [0.05, 0.1) is 4.92 Å². The monoisotopic (exact) mass is 296 g/mol. The molecule has 0 bridgehead atoms. The summed E-state index contributed by atoms with van der Waals surface area (Å²) in [5.41, 5.74) is 1.57. The number of non-ortho nitro benzene ring substituents is 1. The Balaban J connectivity index is 1.65. The number of nitro groups is 1. The Labute approximate surface area is 126 Å². The third-order valence-corrected chi connectivity index (χ3v) is 3.01. The van der Waals surface area contributed by atoms with Crippen LogP contribution in [-0.2, 0) is 6.61 Å². The van der Waals surface area contributed by atoms with Crippen LogP contribution in [0.15, 0.2) is 65.3 Å². The van der Waals surface area contributed by atoms with Gasteiger partial charge in [-0.3, -0.25) is 10.1 Å². The van der Waals surface area contributed by atoms with Crippen molar-refractivity contribution in [2.75, 3.05) is 0 Å². The number of nitro benzene ring substituents is 1. The molecule has 0 aliphatic rings. The van der Waals surface area contributed by atoms with Gasteiger partial charge < -0.3 is 9.15 Å². The summed E-state index contributed by atoms with van der Waals surface area (Å²) in [5, 5.41) is 10.6. The van der Waals surface area contributed by atoms with Gasteiger partial charge in [0.1, 0.15) is 24.3 Å². The van der Waals surface area contributed by atoms with Gasteiger partial charge in [-0.2, -0.15) is 0 Å². The van der Waals surface area contributed by atoms with Crippen LogP contribution in [0.1, 0.15) is 5.69 Å². The van der Waals surface area contributed by atoms with Crippen LogP contribution in [0, 0.1) is 10.1 Å². The van der Waals surface area contributed by atoms with Crippen molar-refractivity contribution in [3.8, 4) is 17.2 Å². The van der Waals surface area contributed by atoms with E-state index in [1.165, 1.54) is 18.4 Å². The molecule has 3 rings (SSSR count). The van der Waals surface area contributed by atoms with Crippen LogP contribution in [0.2, 0.25) is 0 Å². The number of oxazole rings is 1. The first-order chi connectivity index (χ1) is 10.7. The summed E-state index contributed by atoms with van der Waals surface area (Å²) in [7, 11) is 0. The van der Waals surface area contributed by atoms with E-state index in [1.54, 1.807) is 12.1 Å². The van der Waals surface area contributed by atoms with Crippen LogP contribution in [0.25, 0.3) is 11.5 Å².